The number of halogens is 4. The van der Waals surface area contributed by atoms with E-state index in [0.717, 1.165) is 15.7 Å². The van der Waals surface area contributed by atoms with Gasteiger partial charge in [-0.05, 0) is 76.7 Å². The van der Waals surface area contributed by atoms with E-state index in [4.69, 9.17) is 4.74 Å². The number of rotatable bonds is 8. The summed E-state index contributed by atoms with van der Waals surface area (Å²) in [5.74, 6) is -0.698. The van der Waals surface area contributed by atoms with E-state index in [2.05, 4.69) is 20.7 Å². The van der Waals surface area contributed by atoms with Crippen molar-refractivity contribution in [1.29, 1.82) is 0 Å². The second kappa shape index (κ2) is 10.7. The average molecular weight is 524 g/mol. The molecule has 3 rings (SSSR count). The van der Waals surface area contributed by atoms with Crippen LogP contribution in [-0.4, -0.2) is 24.0 Å². The molecule has 0 saturated heterocycles. The van der Waals surface area contributed by atoms with Crippen LogP contribution in [0.2, 0.25) is 0 Å². The van der Waals surface area contributed by atoms with Crippen LogP contribution in [0.25, 0.3) is 0 Å². The molecule has 1 heterocycles. The zero-order valence-corrected chi connectivity index (χ0v) is 19.3. The van der Waals surface area contributed by atoms with Crippen molar-refractivity contribution in [2.45, 2.75) is 32.2 Å². The third-order valence-corrected chi connectivity index (χ3v) is 5.74. The van der Waals surface area contributed by atoms with Crippen molar-refractivity contribution in [2.75, 3.05) is 7.11 Å². The molecule has 2 aromatic carbocycles. The van der Waals surface area contributed by atoms with E-state index >= 15 is 0 Å². The van der Waals surface area contributed by atoms with Crippen LogP contribution >= 0.6 is 15.9 Å². The molecule has 0 aliphatic rings. The molecule has 0 atom stereocenters. The fraction of sp³-hybridized carbons (Fsp3) is 0.250. The van der Waals surface area contributed by atoms with Gasteiger partial charge in [-0.2, -0.15) is 0 Å². The van der Waals surface area contributed by atoms with Gasteiger partial charge in [0.1, 0.15) is 5.75 Å². The van der Waals surface area contributed by atoms with Gasteiger partial charge in [-0.1, -0.05) is 24.3 Å². The van der Waals surface area contributed by atoms with Crippen molar-refractivity contribution in [1.82, 2.24) is 4.57 Å². The Morgan fingerprint density at radius 1 is 0.970 bits per heavy atom. The Bertz CT molecular complexity index is 1170. The quantitative estimate of drug-likeness (QED) is 0.375. The van der Waals surface area contributed by atoms with Gasteiger partial charge in [0.2, 0.25) is 0 Å². The van der Waals surface area contributed by atoms with Crippen LogP contribution in [0.5, 0.6) is 5.75 Å². The molecule has 0 unspecified atom stereocenters. The first kappa shape index (κ1) is 24.6. The molecule has 0 N–H and O–H groups in total. The van der Waals surface area contributed by atoms with Gasteiger partial charge in [-0.25, -0.2) is 4.79 Å². The van der Waals surface area contributed by atoms with Crippen molar-refractivity contribution in [3.05, 3.63) is 97.9 Å². The topological polar surface area (TPSA) is 57.5 Å². The van der Waals surface area contributed by atoms with Crippen LogP contribution < -0.4 is 10.3 Å². The number of methoxy groups -OCH3 is 1. The SMILES string of the molecule is COC(=O)c1ccc(CCn2c(CCc3cccc(OC(F)(F)F)c3)c(Br)ccc2=O)cc1. The largest absolute Gasteiger partial charge is 0.573 e. The van der Waals surface area contributed by atoms with E-state index in [-0.39, 0.29) is 11.3 Å². The highest BCUT2D eigenvalue weighted by Crippen LogP contribution is 2.24. The summed E-state index contributed by atoms with van der Waals surface area (Å²) in [6.45, 7) is 0.405. The summed E-state index contributed by atoms with van der Waals surface area (Å²) in [5, 5.41) is 0. The van der Waals surface area contributed by atoms with Crippen molar-refractivity contribution in [2.24, 2.45) is 0 Å². The van der Waals surface area contributed by atoms with Crippen molar-refractivity contribution in [3.8, 4) is 5.75 Å². The maximum absolute atomic E-state index is 12.6. The number of alkyl halides is 3. The monoisotopic (exact) mass is 523 g/mol. The number of hydrogen-bond acceptors (Lipinski definition) is 4. The Morgan fingerprint density at radius 2 is 1.70 bits per heavy atom. The fourth-order valence-electron chi connectivity index (χ4n) is 3.42. The van der Waals surface area contributed by atoms with Gasteiger partial charge in [0, 0.05) is 22.8 Å². The lowest BCUT2D eigenvalue weighted by atomic mass is 10.1. The lowest BCUT2D eigenvalue weighted by Crippen LogP contribution is -2.24. The lowest BCUT2D eigenvalue weighted by molar-refractivity contribution is -0.274. The van der Waals surface area contributed by atoms with E-state index in [0.29, 0.717) is 36.9 Å². The Kier molecular flexibility index (Phi) is 7.97. The highest BCUT2D eigenvalue weighted by molar-refractivity contribution is 9.10. The van der Waals surface area contributed by atoms with E-state index < -0.39 is 12.3 Å². The molecule has 1 aromatic heterocycles. The molecule has 0 saturated carbocycles. The van der Waals surface area contributed by atoms with Crippen LogP contribution in [0.3, 0.4) is 0 Å². The molecule has 9 heteroatoms. The summed E-state index contributed by atoms with van der Waals surface area (Å²) in [6, 6.07) is 15.9. The third kappa shape index (κ3) is 6.95. The first-order valence-corrected chi connectivity index (χ1v) is 10.9. The van der Waals surface area contributed by atoms with Gasteiger partial charge in [0.15, 0.2) is 0 Å². The molecule has 0 fully saturated rings. The lowest BCUT2D eigenvalue weighted by Gasteiger charge is -2.15. The summed E-state index contributed by atoms with van der Waals surface area (Å²) in [7, 11) is 1.32. The van der Waals surface area contributed by atoms with Gasteiger partial charge < -0.3 is 14.0 Å². The molecular weight excluding hydrogens is 503 g/mol. The molecule has 0 amide bonds. The number of esters is 1. The van der Waals surface area contributed by atoms with Crippen molar-refractivity contribution >= 4 is 21.9 Å². The van der Waals surface area contributed by atoms with Crippen LogP contribution in [0.4, 0.5) is 13.2 Å². The van der Waals surface area contributed by atoms with E-state index in [1.165, 1.54) is 31.4 Å². The highest BCUT2D eigenvalue weighted by atomic mass is 79.9. The van der Waals surface area contributed by atoms with Gasteiger partial charge in [0.25, 0.3) is 5.56 Å². The summed E-state index contributed by atoms with van der Waals surface area (Å²) < 4.78 is 48.5. The third-order valence-electron chi connectivity index (χ3n) is 5.02. The smallest absolute Gasteiger partial charge is 0.465 e. The number of nitrogens with zero attached hydrogens (tertiary/aromatic N) is 1. The van der Waals surface area contributed by atoms with E-state index in [1.807, 2.05) is 0 Å². The summed E-state index contributed by atoms with van der Waals surface area (Å²) >= 11 is 3.48. The first-order valence-electron chi connectivity index (χ1n) is 10.1. The molecular formula is C24H21BrF3NO4. The standard InChI is InChI=1S/C24H21BrF3NO4/c1-32-23(31)18-8-5-16(6-9-18)13-14-29-21(20(25)10-12-22(29)30)11-7-17-3-2-4-19(15-17)33-24(26,27)28/h2-6,8-10,12,15H,7,11,13-14H2,1H3. The van der Waals surface area contributed by atoms with E-state index in [1.54, 1.807) is 41.0 Å². The fourth-order valence-corrected chi connectivity index (χ4v) is 3.96. The number of carbonyl (C=O) groups excluding carboxylic acids is 1. The molecule has 174 valence electrons. The second-order valence-electron chi connectivity index (χ2n) is 7.25. The zero-order valence-electron chi connectivity index (χ0n) is 17.7. The number of carbonyl (C=O) groups is 1. The minimum absolute atomic E-state index is 0.173. The Balaban J connectivity index is 1.74. The van der Waals surface area contributed by atoms with Crippen LogP contribution in [0, 0.1) is 0 Å². The van der Waals surface area contributed by atoms with Crippen LogP contribution in [0.1, 0.15) is 27.2 Å². The maximum Gasteiger partial charge on any atom is 0.573 e. The molecule has 3 aromatic rings. The van der Waals surface area contributed by atoms with E-state index in [9.17, 15) is 22.8 Å². The number of hydrogen-bond donors (Lipinski definition) is 0. The Hall–Kier alpha value is -3.07. The molecule has 0 aliphatic heterocycles. The van der Waals surface area contributed by atoms with Crippen molar-refractivity contribution < 1.29 is 27.4 Å². The molecule has 33 heavy (non-hydrogen) atoms. The predicted octanol–water partition coefficient (Wildman–Crippen LogP) is 5.32. The number of aryl methyl sites for hydroxylation is 2. The zero-order chi connectivity index (χ0) is 24.0. The summed E-state index contributed by atoms with van der Waals surface area (Å²) in [6.07, 6.45) is -3.34. The van der Waals surface area contributed by atoms with Crippen LogP contribution in [0.15, 0.2) is 69.9 Å². The number of pyridine rings is 1. The van der Waals surface area contributed by atoms with Gasteiger partial charge in [-0.3, -0.25) is 4.79 Å². The number of aromatic nitrogens is 1. The van der Waals surface area contributed by atoms with Gasteiger partial charge in [0.05, 0.1) is 12.7 Å². The number of ether oxygens (including phenoxy) is 2. The molecule has 0 radical (unpaired) electrons. The summed E-state index contributed by atoms with van der Waals surface area (Å²) in [5.41, 5.74) is 2.62. The minimum Gasteiger partial charge on any atom is -0.465 e. The molecule has 0 spiro atoms. The molecule has 5 nitrogen and oxygen atoms in total. The van der Waals surface area contributed by atoms with Gasteiger partial charge in [-0.15, -0.1) is 13.2 Å². The van der Waals surface area contributed by atoms with Crippen molar-refractivity contribution in [3.63, 3.8) is 0 Å². The Morgan fingerprint density at radius 3 is 2.36 bits per heavy atom. The highest BCUT2D eigenvalue weighted by Gasteiger charge is 2.31. The van der Waals surface area contributed by atoms with Gasteiger partial charge >= 0.3 is 12.3 Å². The predicted molar refractivity (Wildman–Crippen MR) is 120 cm³/mol. The summed E-state index contributed by atoms with van der Waals surface area (Å²) in [4.78, 5) is 24.1. The average Bonchev–Trinajstić information content (AvgIpc) is 2.77. The maximum atomic E-state index is 12.6. The van der Waals surface area contributed by atoms with Crippen LogP contribution in [-0.2, 0) is 30.5 Å². The molecule has 0 aliphatic carbocycles. The first-order chi connectivity index (χ1) is 15.7. The molecule has 0 bridgehead atoms. The number of benzene rings is 2. The second-order valence-corrected chi connectivity index (χ2v) is 8.11. The Labute approximate surface area is 196 Å². The normalized spacial score (nSPS) is 11.3. The minimum atomic E-state index is -4.75.